The molecule has 1 aromatic rings. The van der Waals surface area contributed by atoms with Crippen molar-refractivity contribution in [1.29, 1.82) is 0 Å². The van der Waals surface area contributed by atoms with Crippen LogP contribution >= 0.6 is 0 Å². The Balaban J connectivity index is 1.45. The van der Waals surface area contributed by atoms with E-state index in [4.69, 9.17) is 31.4 Å². The molecule has 0 aliphatic heterocycles. The van der Waals surface area contributed by atoms with Crippen LogP contribution in [0.25, 0.3) is 0 Å². The van der Waals surface area contributed by atoms with Crippen molar-refractivity contribution in [3.05, 3.63) is 47.3 Å². The van der Waals surface area contributed by atoms with Gasteiger partial charge in [-0.1, -0.05) is 53.6 Å². The number of fused-ring (bicyclic) bond motifs is 5. The molecule has 4 aliphatic carbocycles. The lowest BCUT2D eigenvalue weighted by Crippen LogP contribution is -2.62. The highest BCUT2D eigenvalue weighted by atomic mass is 19.1. The number of hydrogen-bond acceptors (Lipinski definition) is 2. The summed E-state index contributed by atoms with van der Waals surface area (Å²) >= 11 is 0. The van der Waals surface area contributed by atoms with Crippen LogP contribution in [0.4, 0.5) is 4.39 Å². The van der Waals surface area contributed by atoms with Crippen molar-refractivity contribution in [2.75, 3.05) is 0 Å². The van der Waals surface area contributed by atoms with E-state index >= 15 is 0 Å². The Hall–Kier alpha value is -0.930. The van der Waals surface area contributed by atoms with Crippen LogP contribution in [-0.2, 0) is 5.21 Å². The van der Waals surface area contributed by atoms with Crippen LogP contribution in [0.3, 0.4) is 0 Å². The zero-order valence-electron chi connectivity index (χ0n) is 22.0. The van der Waals surface area contributed by atoms with Crippen molar-refractivity contribution in [3.63, 3.8) is 0 Å². The maximum absolute atomic E-state index is 13.6. The number of allylic oxidation sites excluding steroid dienone is 1. The molecule has 8 radical (unpaired) electrons. The highest BCUT2D eigenvalue weighted by Gasteiger charge is 2.64. The van der Waals surface area contributed by atoms with Gasteiger partial charge in [-0.2, -0.15) is 0 Å². The Labute approximate surface area is 221 Å². The minimum atomic E-state index is -1.86. The van der Waals surface area contributed by atoms with E-state index in [0.29, 0.717) is 23.3 Å². The van der Waals surface area contributed by atoms with Gasteiger partial charge in [0.15, 0.2) is 0 Å². The summed E-state index contributed by atoms with van der Waals surface area (Å²) in [5, 5.41) is 18.8. The van der Waals surface area contributed by atoms with Gasteiger partial charge >= 0.3 is 0 Å². The maximum Gasteiger partial charge on any atom is 0.123 e. The summed E-state index contributed by atoms with van der Waals surface area (Å²) in [6.45, 7) is 6.41. The van der Waals surface area contributed by atoms with E-state index in [2.05, 4.69) is 19.9 Å². The van der Waals surface area contributed by atoms with Gasteiger partial charge in [0.1, 0.15) is 5.82 Å². The van der Waals surface area contributed by atoms with Crippen LogP contribution in [-0.4, -0.2) is 53.3 Å². The summed E-state index contributed by atoms with van der Waals surface area (Å²) in [5.74, 6) is 0.991. The molecule has 0 unspecified atom stereocenters. The van der Waals surface area contributed by atoms with Crippen LogP contribution in [0.15, 0.2) is 35.9 Å². The lowest BCUT2D eigenvalue weighted by atomic mass is 9.23. The zero-order chi connectivity index (χ0) is 26.3. The van der Waals surface area contributed by atoms with Gasteiger partial charge in [-0.15, -0.1) is 0 Å². The molecule has 0 aromatic heterocycles. The summed E-state index contributed by atoms with van der Waals surface area (Å²) in [4.78, 5) is 0. The van der Waals surface area contributed by atoms with Gasteiger partial charge in [-0.25, -0.2) is 4.39 Å². The van der Waals surface area contributed by atoms with Crippen LogP contribution < -0.4 is 0 Å². The quantitative estimate of drug-likeness (QED) is 0.494. The average molecular weight is 480 g/mol. The first-order valence-corrected chi connectivity index (χ1v) is 13.7. The van der Waals surface area contributed by atoms with E-state index in [1.165, 1.54) is 29.8 Å². The summed E-state index contributed by atoms with van der Waals surface area (Å²) in [6.07, 6.45) is 9.84. The molecule has 0 saturated heterocycles. The van der Waals surface area contributed by atoms with Gasteiger partial charge in [-0.3, -0.25) is 0 Å². The second-order valence-electron chi connectivity index (χ2n) is 13.2. The van der Waals surface area contributed by atoms with Crippen molar-refractivity contribution in [2.45, 2.75) is 94.3 Å². The monoisotopic (exact) mass is 480 g/mol. The first-order valence-electron chi connectivity index (χ1n) is 13.7. The molecule has 0 heterocycles. The Morgan fingerprint density at radius 1 is 0.944 bits per heavy atom. The number of halogens is 1. The van der Waals surface area contributed by atoms with E-state index < -0.39 is 21.8 Å². The SMILES string of the molecule is [B]C([B])(c1ccc(F)cc1)C([B])([B])[C@@](C)(O)[C@H]1CC[C@H]2[C@@H]3CC=C4C[C@@H](O)CC[C@]4(C)[C@H]3CC[C@@]21C. The van der Waals surface area contributed by atoms with Crippen LogP contribution in [0, 0.1) is 40.3 Å². The molecule has 36 heavy (non-hydrogen) atoms. The fraction of sp³-hybridized carbons (Fsp3) is 0.724. The Kier molecular flexibility index (Phi) is 6.32. The second-order valence-corrected chi connectivity index (χ2v) is 13.2. The minimum Gasteiger partial charge on any atom is -0.393 e. The third kappa shape index (κ3) is 3.61. The predicted molar refractivity (Wildman–Crippen MR) is 146 cm³/mol. The lowest BCUT2D eigenvalue weighted by molar-refractivity contribution is -0.111. The van der Waals surface area contributed by atoms with E-state index in [1.807, 2.05) is 0 Å². The molecule has 1 aromatic carbocycles. The molecule has 4 aliphatic rings. The Bertz CT molecular complexity index is 1040. The number of hydrogen-bond donors (Lipinski definition) is 2. The summed E-state index contributed by atoms with van der Waals surface area (Å²) in [6, 6.07) is 5.52. The first kappa shape index (κ1) is 26.7. The third-order valence-corrected chi connectivity index (χ3v) is 11.6. The van der Waals surface area contributed by atoms with Crippen molar-refractivity contribution in [1.82, 2.24) is 0 Å². The summed E-state index contributed by atoms with van der Waals surface area (Å²) in [5.41, 5.74) is 0.280. The molecule has 3 saturated carbocycles. The molecular formula is C29H37B4FO2. The number of aliphatic hydroxyl groups excluding tert-OH is 1. The van der Waals surface area contributed by atoms with Gasteiger partial charge in [0.2, 0.25) is 0 Å². The van der Waals surface area contributed by atoms with Crippen LogP contribution in [0.2, 0.25) is 5.21 Å². The molecule has 0 spiro atoms. The van der Waals surface area contributed by atoms with Gasteiger partial charge in [-0.05, 0) is 105 Å². The third-order valence-electron chi connectivity index (χ3n) is 11.6. The Morgan fingerprint density at radius 3 is 2.28 bits per heavy atom. The molecule has 0 amide bonds. The molecule has 8 atom stereocenters. The maximum atomic E-state index is 13.6. The van der Waals surface area contributed by atoms with E-state index in [1.54, 1.807) is 6.92 Å². The van der Waals surface area contributed by atoms with Gasteiger partial charge < -0.3 is 10.2 Å². The summed E-state index contributed by atoms with van der Waals surface area (Å²) < 4.78 is 13.6. The molecule has 3 fully saturated rings. The molecule has 0 bridgehead atoms. The molecular weight excluding hydrogens is 443 g/mol. The number of rotatable bonds is 4. The van der Waals surface area contributed by atoms with E-state index in [9.17, 15) is 14.6 Å². The molecule has 7 heteroatoms. The molecule has 5 rings (SSSR count). The lowest BCUT2D eigenvalue weighted by Gasteiger charge is -2.62. The number of aliphatic hydroxyl groups is 2. The van der Waals surface area contributed by atoms with E-state index in [0.717, 1.165) is 51.4 Å². The van der Waals surface area contributed by atoms with Crippen molar-refractivity contribution < 1.29 is 14.6 Å². The predicted octanol–water partition coefficient (Wildman–Crippen LogP) is 4.46. The van der Waals surface area contributed by atoms with Crippen molar-refractivity contribution >= 4 is 31.4 Å². The smallest absolute Gasteiger partial charge is 0.123 e. The standard InChI is InChI=1S/C29H37B4FO2/c1-25-14-12-20(35)16-18(25)6-9-21-22-10-11-24(26(22,2)15-13-23(21)25)27(3,36)29(32,33)28(30,31)17-4-7-19(34)8-5-17/h4-8,20-24,35-36H,9-16H2,1-3H3/t20-,21-,22-,23-,24-,25-,26-,27-/m0/s1. The average Bonchev–Trinajstić information content (AvgIpc) is 3.17. The van der Waals surface area contributed by atoms with Gasteiger partial charge in [0.05, 0.1) is 43.1 Å². The Morgan fingerprint density at radius 2 is 1.61 bits per heavy atom. The molecule has 2 nitrogen and oxygen atoms in total. The normalized spacial score (nSPS) is 40.4. The first-order chi connectivity index (χ1) is 16.7. The number of benzene rings is 1. The highest BCUT2D eigenvalue weighted by molar-refractivity contribution is 6.54. The van der Waals surface area contributed by atoms with Crippen molar-refractivity contribution in [3.8, 4) is 0 Å². The fourth-order valence-corrected chi connectivity index (χ4v) is 9.24. The van der Waals surface area contributed by atoms with E-state index in [-0.39, 0.29) is 22.9 Å². The summed E-state index contributed by atoms with van der Waals surface area (Å²) in [7, 11) is 26.5. The topological polar surface area (TPSA) is 40.5 Å². The van der Waals surface area contributed by atoms with Gasteiger partial charge in [0.25, 0.3) is 0 Å². The van der Waals surface area contributed by atoms with Gasteiger partial charge in [0, 0.05) is 0 Å². The second kappa shape index (κ2) is 8.54. The van der Waals surface area contributed by atoms with Crippen LogP contribution in [0.5, 0.6) is 0 Å². The zero-order valence-corrected chi connectivity index (χ0v) is 22.0. The molecule has 2 N–H and O–H groups in total. The molecule has 184 valence electrons. The van der Waals surface area contributed by atoms with Crippen molar-refractivity contribution in [2.24, 2.45) is 34.5 Å². The van der Waals surface area contributed by atoms with Crippen LogP contribution in [0.1, 0.15) is 77.7 Å². The minimum absolute atomic E-state index is 0.149. The highest BCUT2D eigenvalue weighted by Crippen LogP contribution is 2.69. The fourth-order valence-electron chi connectivity index (χ4n) is 9.24. The largest absolute Gasteiger partial charge is 0.393 e.